The molecule has 6 nitrogen and oxygen atoms in total. The minimum absolute atomic E-state index is 0.173. The van der Waals surface area contributed by atoms with Crippen LogP contribution >= 0.6 is 11.6 Å². The zero-order valence-electron chi connectivity index (χ0n) is 9.23. The molecule has 1 amide bonds. The molecule has 0 aliphatic heterocycles. The molecule has 0 aliphatic rings. The van der Waals surface area contributed by atoms with Gasteiger partial charge in [-0.05, 0) is 0 Å². The first-order valence-electron chi connectivity index (χ1n) is 4.45. The first-order valence-corrected chi connectivity index (χ1v) is 4.99. The predicted octanol–water partition coefficient (Wildman–Crippen LogP) is 0.408. The molecule has 16 heavy (non-hydrogen) atoms. The predicted molar refractivity (Wildman–Crippen MR) is 58.7 cm³/mol. The Bertz CT molecular complexity index is 416. The lowest BCUT2D eigenvalue weighted by molar-refractivity contribution is -0.116. The van der Waals surface area contributed by atoms with Gasteiger partial charge in [0.1, 0.15) is 11.4 Å². The average Bonchev–Trinajstić information content (AvgIpc) is 2.68. The number of halogens is 1. The number of aromatic nitrogens is 2. The van der Waals surface area contributed by atoms with Crippen LogP contribution in [0.15, 0.2) is 6.20 Å². The summed E-state index contributed by atoms with van der Waals surface area (Å²) in [4.78, 5) is 24.0. The molecule has 0 N–H and O–H groups in total. The van der Waals surface area contributed by atoms with E-state index in [2.05, 4.69) is 9.84 Å². The molecule has 0 aromatic carbocycles. The maximum Gasteiger partial charge on any atom is 0.343 e. The molecule has 88 valence electrons. The Kier molecular flexibility index (Phi) is 3.89. The van der Waals surface area contributed by atoms with Crippen molar-refractivity contribution in [3.63, 3.8) is 0 Å². The fourth-order valence-corrected chi connectivity index (χ4v) is 1.37. The lowest BCUT2D eigenvalue weighted by Gasteiger charge is -2.13. The normalized spacial score (nSPS) is 10.0. The van der Waals surface area contributed by atoms with Crippen LogP contribution in [-0.2, 0) is 16.6 Å². The lowest BCUT2D eigenvalue weighted by atomic mass is 10.3. The Labute approximate surface area is 97.7 Å². The van der Waals surface area contributed by atoms with Crippen molar-refractivity contribution in [2.45, 2.75) is 0 Å². The van der Waals surface area contributed by atoms with Crippen molar-refractivity contribution in [1.29, 1.82) is 0 Å². The number of rotatable bonds is 3. The van der Waals surface area contributed by atoms with E-state index in [-0.39, 0.29) is 23.2 Å². The van der Waals surface area contributed by atoms with Gasteiger partial charge in [0.15, 0.2) is 5.82 Å². The first kappa shape index (κ1) is 12.5. The summed E-state index contributed by atoms with van der Waals surface area (Å²) in [7, 11) is 4.41. The maximum absolute atomic E-state index is 11.4. The second-order valence-corrected chi connectivity index (χ2v) is 3.39. The molecule has 7 heteroatoms. The second-order valence-electron chi connectivity index (χ2n) is 3.12. The quantitative estimate of drug-likeness (QED) is 0.572. The molecule has 1 aromatic heterocycles. The standard InChI is InChI=1S/C9H12ClN3O3/c1-12-5-6(9(15)16-3)8(11-12)13(2)7(14)4-10/h5H,4H2,1-3H3. The zero-order valence-corrected chi connectivity index (χ0v) is 9.98. The van der Waals surface area contributed by atoms with Crippen LogP contribution in [0.1, 0.15) is 10.4 Å². The van der Waals surface area contributed by atoms with E-state index in [0.717, 1.165) is 0 Å². The highest BCUT2D eigenvalue weighted by atomic mass is 35.5. The van der Waals surface area contributed by atoms with Gasteiger partial charge in [0.25, 0.3) is 0 Å². The summed E-state index contributed by atoms with van der Waals surface area (Å²) in [5.74, 6) is -0.823. The van der Waals surface area contributed by atoms with E-state index in [0.29, 0.717) is 0 Å². The summed E-state index contributed by atoms with van der Waals surface area (Å²) in [5, 5.41) is 4.01. The fourth-order valence-electron chi connectivity index (χ4n) is 1.19. The van der Waals surface area contributed by atoms with Crippen LogP contribution in [0.5, 0.6) is 0 Å². The van der Waals surface area contributed by atoms with Gasteiger partial charge in [-0.25, -0.2) is 4.79 Å². The summed E-state index contributed by atoms with van der Waals surface area (Å²) in [6.07, 6.45) is 1.49. The molecule has 0 fully saturated rings. The third kappa shape index (κ3) is 2.33. The summed E-state index contributed by atoms with van der Waals surface area (Å²) < 4.78 is 6.02. The van der Waals surface area contributed by atoms with E-state index >= 15 is 0 Å². The van der Waals surface area contributed by atoms with Gasteiger partial charge in [0.2, 0.25) is 5.91 Å². The molecule has 0 bridgehead atoms. The summed E-state index contributed by atoms with van der Waals surface area (Å²) in [6, 6.07) is 0. The number of aryl methyl sites for hydroxylation is 1. The van der Waals surface area contributed by atoms with Gasteiger partial charge in [-0.15, -0.1) is 11.6 Å². The van der Waals surface area contributed by atoms with Crippen molar-refractivity contribution in [2.75, 3.05) is 24.9 Å². The number of hydrogen-bond acceptors (Lipinski definition) is 4. The Morgan fingerprint density at radius 3 is 2.75 bits per heavy atom. The topological polar surface area (TPSA) is 64.4 Å². The van der Waals surface area contributed by atoms with E-state index in [1.54, 1.807) is 7.05 Å². The fraction of sp³-hybridized carbons (Fsp3) is 0.444. The molecule has 0 radical (unpaired) electrons. The molecular formula is C9H12ClN3O3. The van der Waals surface area contributed by atoms with Crippen LogP contribution in [0.3, 0.4) is 0 Å². The van der Waals surface area contributed by atoms with Crippen LogP contribution in [-0.4, -0.2) is 41.7 Å². The summed E-state index contributed by atoms with van der Waals surface area (Å²) >= 11 is 5.43. The number of hydrogen-bond donors (Lipinski definition) is 0. The largest absolute Gasteiger partial charge is 0.465 e. The van der Waals surface area contributed by atoms with Crippen molar-refractivity contribution in [1.82, 2.24) is 9.78 Å². The molecule has 0 atom stereocenters. The third-order valence-corrected chi connectivity index (χ3v) is 2.25. The van der Waals surface area contributed by atoms with Gasteiger partial charge < -0.3 is 4.74 Å². The third-order valence-electron chi connectivity index (χ3n) is 2.02. The Morgan fingerprint density at radius 2 is 2.25 bits per heavy atom. The highest BCUT2D eigenvalue weighted by molar-refractivity contribution is 6.29. The van der Waals surface area contributed by atoms with E-state index in [9.17, 15) is 9.59 Å². The first-order chi connectivity index (χ1) is 7.51. The van der Waals surface area contributed by atoms with Crippen molar-refractivity contribution in [3.05, 3.63) is 11.8 Å². The summed E-state index contributed by atoms with van der Waals surface area (Å²) in [6.45, 7) is 0. The van der Waals surface area contributed by atoms with Crippen LogP contribution in [0.25, 0.3) is 0 Å². The SMILES string of the molecule is COC(=O)c1cn(C)nc1N(C)C(=O)CCl. The highest BCUT2D eigenvalue weighted by Crippen LogP contribution is 2.18. The van der Waals surface area contributed by atoms with E-state index in [1.165, 1.54) is 29.9 Å². The van der Waals surface area contributed by atoms with Crippen molar-refractivity contribution >= 4 is 29.3 Å². The van der Waals surface area contributed by atoms with E-state index in [4.69, 9.17) is 11.6 Å². The van der Waals surface area contributed by atoms with Gasteiger partial charge in [0, 0.05) is 20.3 Å². The van der Waals surface area contributed by atoms with Crippen LogP contribution < -0.4 is 4.90 Å². The Hall–Kier alpha value is -1.56. The van der Waals surface area contributed by atoms with Crippen molar-refractivity contribution in [3.8, 4) is 0 Å². The van der Waals surface area contributed by atoms with Gasteiger partial charge in [-0.3, -0.25) is 14.4 Å². The number of carbonyl (C=O) groups excluding carboxylic acids is 2. The summed E-state index contributed by atoms with van der Waals surface area (Å²) in [5.41, 5.74) is 0.228. The van der Waals surface area contributed by atoms with E-state index in [1.807, 2.05) is 0 Å². The van der Waals surface area contributed by atoms with Gasteiger partial charge in [-0.2, -0.15) is 5.10 Å². The average molecular weight is 246 g/mol. The Morgan fingerprint density at radius 1 is 1.62 bits per heavy atom. The molecule has 1 rings (SSSR count). The number of amides is 1. The molecule has 0 spiro atoms. The lowest BCUT2D eigenvalue weighted by Crippen LogP contribution is -2.29. The maximum atomic E-state index is 11.4. The zero-order chi connectivity index (χ0) is 12.3. The minimum atomic E-state index is -0.544. The number of esters is 1. The van der Waals surface area contributed by atoms with Crippen molar-refractivity contribution in [2.24, 2.45) is 7.05 Å². The second kappa shape index (κ2) is 4.98. The highest BCUT2D eigenvalue weighted by Gasteiger charge is 2.22. The smallest absolute Gasteiger partial charge is 0.343 e. The molecular weight excluding hydrogens is 234 g/mol. The number of anilines is 1. The molecule has 0 aliphatic carbocycles. The van der Waals surface area contributed by atoms with Gasteiger partial charge in [0.05, 0.1) is 7.11 Å². The minimum Gasteiger partial charge on any atom is -0.465 e. The monoisotopic (exact) mass is 245 g/mol. The van der Waals surface area contributed by atoms with Gasteiger partial charge >= 0.3 is 5.97 Å². The number of carbonyl (C=O) groups is 2. The molecule has 0 saturated carbocycles. The Balaban J connectivity index is 3.12. The number of methoxy groups -OCH3 is 1. The molecule has 1 aromatic rings. The number of alkyl halides is 1. The molecule has 0 saturated heterocycles. The van der Waals surface area contributed by atoms with E-state index < -0.39 is 5.97 Å². The molecule has 1 heterocycles. The van der Waals surface area contributed by atoms with Crippen LogP contribution in [0, 0.1) is 0 Å². The van der Waals surface area contributed by atoms with Crippen LogP contribution in [0.4, 0.5) is 5.82 Å². The van der Waals surface area contributed by atoms with Gasteiger partial charge in [-0.1, -0.05) is 0 Å². The molecule has 0 unspecified atom stereocenters. The number of nitrogens with zero attached hydrogens (tertiary/aromatic N) is 3. The number of ether oxygens (including phenoxy) is 1. The van der Waals surface area contributed by atoms with Crippen LogP contribution in [0.2, 0.25) is 0 Å². The van der Waals surface area contributed by atoms with Crippen molar-refractivity contribution < 1.29 is 14.3 Å².